The molecule has 0 amide bonds. The maximum atomic E-state index is 13.6. The lowest BCUT2D eigenvalue weighted by Gasteiger charge is -2.32. The molecule has 0 aromatic heterocycles. The molecule has 0 bridgehead atoms. The van der Waals surface area contributed by atoms with Crippen LogP contribution in [0.15, 0.2) is 18.2 Å². The van der Waals surface area contributed by atoms with E-state index in [2.05, 4.69) is 13.8 Å². The first kappa shape index (κ1) is 22.1. The van der Waals surface area contributed by atoms with E-state index in [9.17, 15) is 13.2 Å². The smallest absolute Gasteiger partial charge is 0.492 e. The summed E-state index contributed by atoms with van der Waals surface area (Å²) in [6.07, 6.45) is -3.71. The minimum absolute atomic E-state index is 0.164. The lowest BCUT2D eigenvalue weighted by atomic mass is 9.78. The predicted molar refractivity (Wildman–Crippen MR) is 101 cm³/mol. The molecular weight excluding hydrogens is 356 g/mol. The van der Waals surface area contributed by atoms with Crippen molar-refractivity contribution in [2.75, 3.05) is 6.61 Å². The Balaban J connectivity index is 2.24. The third-order valence-electron chi connectivity index (χ3n) is 5.07. The largest absolute Gasteiger partial charge is 0.494 e. The lowest BCUT2D eigenvalue weighted by molar-refractivity contribution is -0.138. The summed E-state index contributed by atoms with van der Waals surface area (Å²) in [4.78, 5) is 0. The second-order valence-corrected chi connectivity index (χ2v) is 8.69. The molecule has 1 aliphatic heterocycles. The fourth-order valence-electron chi connectivity index (χ4n) is 2.98. The van der Waals surface area contributed by atoms with E-state index < -0.39 is 30.1 Å². The summed E-state index contributed by atoms with van der Waals surface area (Å²) < 4.78 is 58.0. The molecule has 0 atom stereocenters. The van der Waals surface area contributed by atoms with Crippen molar-refractivity contribution in [1.82, 2.24) is 0 Å². The number of hydrogen-bond acceptors (Lipinski definition) is 3. The second kappa shape index (κ2) is 7.67. The van der Waals surface area contributed by atoms with Crippen molar-refractivity contribution >= 4 is 12.6 Å². The Morgan fingerprint density at radius 3 is 2.15 bits per heavy atom. The molecule has 2 rings (SSSR count). The van der Waals surface area contributed by atoms with Crippen LogP contribution in [0.2, 0.25) is 0 Å². The molecule has 27 heavy (non-hydrogen) atoms. The van der Waals surface area contributed by atoms with Crippen LogP contribution in [0.3, 0.4) is 0 Å². The Hall–Kier alpha value is -1.21. The summed E-state index contributed by atoms with van der Waals surface area (Å²) in [5, 5.41) is 0. The lowest BCUT2D eigenvalue weighted by Crippen LogP contribution is -2.41. The van der Waals surface area contributed by atoms with Gasteiger partial charge in [-0.25, -0.2) is 0 Å². The third-order valence-corrected chi connectivity index (χ3v) is 5.07. The van der Waals surface area contributed by atoms with Gasteiger partial charge >= 0.3 is 13.3 Å². The molecule has 1 aromatic rings. The quantitative estimate of drug-likeness (QED) is 0.644. The highest BCUT2D eigenvalue weighted by Crippen LogP contribution is 2.39. The third kappa shape index (κ3) is 5.20. The van der Waals surface area contributed by atoms with Crippen LogP contribution in [-0.2, 0) is 15.5 Å². The van der Waals surface area contributed by atoms with Crippen molar-refractivity contribution < 1.29 is 27.2 Å². The fourth-order valence-corrected chi connectivity index (χ4v) is 2.98. The van der Waals surface area contributed by atoms with Gasteiger partial charge in [0.25, 0.3) is 0 Å². The highest BCUT2D eigenvalue weighted by Gasteiger charge is 2.52. The number of halogens is 3. The normalized spacial score (nSPS) is 19.2. The topological polar surface area (TPSA) is 27.7 Å². The van der Waals surface area contributed by atoms with Gasteiger partial charge in [-0.15, -0.1) is 0 Å². The summed E-state index contributed by atoms with van der Waals surface area (Å²) in [6.45, 7) is 13.6. The Bertz CT molecular complexity index is 640. The molecule has 1 saturated heterocycles. The van der Waals surface area contributed by atoms with Crippen LogP contribution in [0.1, 0.15) is 60.5 Å². The number of benzene rings is 1. The van der Waals surface area contributed by atoms with Crippen LogP contribution in [-0.4, -0.2) is 24.9 Å². The molecule has 1 aliphatic rings. The zero-order valence-electron chi connectivity index (χ0n) is 17.2. The van der Waals surface area contributed by atoms with E-state index in [4.69, 9.17) is 14.0 Å². The van der Waals surface area contributed by atoms with Crippen LogP contribution in [0, 0.1) is 11.8 Å². The number of alkyl halides is 3. The van der Waals surface area contributed by atoms with Gasteiger partial charge in [0.2, 0.25) is 0 Å². The Morgan fingerprint density at radius 1 is 1.11 bits per heavy atom. The Labute approximate surface area is 160 Å². The zero-order valence-corrected chi connectivity index (χ0v) is 17.2. The average Bonchev–Trinajstić information content (AvgIpc) is 2.71. The van der Waals surface area contributed by atoms with Crippen molar-refractivity contribution in [3.8, 4) is 5.75 Å². The first-order valence-corrected chi connectivity index (χ1v) is 9.24. The van der Waals surface area contributed by atoms with Gasteiger partial charge in [0, 0.05) is 5.92 Å². The van der Waals surface area contributed by atoms with Gasteiger partial charge in [-0.1, -0.05) is 26.8 Å². The van der Waals surface area contributed by atoms with Gasteiger partial charge in [-0.2, -0.15) is 13.2 Å². The van der Waals surface area contributed by atoms with Crippen LogP contribution in [0.25, 0.3) is 0 Å². The average molecular weight is 385 g/mol. The molecule has 7 heteroatoms. The summed E-state index contributed by atoms with van der Waals surface area (Å²) in [5.74, 6) is 1.26. The Kier molecular flexibility index (Phi) is 6.27. The molecule has 0 N–H and O–H groups in total. The Morgan fingerprint density at radius 2 is 1.67 bits per heavy atom. The minimum atomic E-state index is -4.53. The highest BCUT2D eigenvalue weighted by atomic mass is 19.4. The second-order valence-electron chi connectivity index (χ2n) is 8.69. The maximum absolute atomic E-state index is 13.6. The zero-order chi connectivity index (χ0) is 20.6. The molecule has 1 radical (unpaired) electrons. The van der Waals surface area contributed by atoms with E-state index in [1.165, 1.54) is 6.07 Å². The number of hydrogen-bond donors (Lipinski definition) is 0. The molecule has 0 aliphatic carbocycles. The molecule has 151 valence electrons. The molecular formula is C20H29BF3O3. The molecule has 0 spiro atoms. The minimum Gasteiger partial charge on any atom is -0.492 e. The number of ether oxygens (including phenoxy) is 1. The predicted octanol–water partition coefficient (Wildman–Crippen LogP) is 5.02. The van der Waals surface area contributed by atoms with Crippen molar-refractivity contribution in [3.05, 3.63) is 29.7 Å². The van der Waals surface area contributed by atoms with Crippen molar-refractivity contribution in [1.29, 1.82) is 0 Å². The summed E-state index contributed by atoms with van der Waals surface area (Å²) in [5.41, 5.74) is -1.72. The first-order chi connectivity index (χ1) is 12.2. The van der Waals surface area contributed by atoms with Gasteiger partial charge < -0.3 is 14.0 Å². The van der Waals surface area contributed by atoms with E-state index in [0.29, 0.717) is 11.4 Å². The van der Waals surface area contributed by atoms with Crippen LogP contribution < -0.4 is 10.2 Å². The van der Waals surface area contributed by atoms with Crippen molar-refractivity contribution in [2.45, 2.75) is 72.3 Å². The van der Waals surface area contributed by atoms with Crippen LogP contribution >= 0.6 is 0 Å². The molecule has 0 unspecified atom stereocenters. The van der Waals surface area contributed by atoms with E-state index in [1.807, 2.05) is 34.6 Å². The van der Waals surface area contributed by atoms with E-state index in [-0.39, 0.29) is 12.4 Å². The van der Waals surface area contributed by atoms with Gasteiger partial charge in [0.1, 0.15) is 5.75 Å². The van der Waals surface area contributed by atoms with Crippen molar-refractivity contribution in [3.63, 3.8) is 0 Å². The van der Waals surface area contributed by atoms with Gasteiger partial charge in [0.15, 0.2) is 0 Å². The molecule has 1 aromatic carbocycles. The van der Waals surface area contributed by atoms with Gasteiger partial charge in [-0.3, -0.25) is 0 Å². The number of rotatable bonds is 6. The monoisotopic (exact) mass is 385 g/mol. The molecule has 1 fully saturated rings. The molecule has 1 heterocycles. The molecule has 0 saturated carbocycles. The fraction of sp³-hybridized carbons (Fsp3) is 0.650. The summed E-state index contributed by atoms with van der Waals surface area (Å²) >= 11 is 0. The van der Waals surface area contributed by atoms with E-state index in [0.717, 1.165) is 18.4 Å². The highest BCUT2D eigenvalue weighted by molar-refractivity contribution is 6.62. The van der Waals surface area contributed by atoms with Gasteiger partial charge in [-0.05, 0) is 57.6 Å². The van der Waals surface area contributed by atoms with Crippen LogP contribution in [0.5, 0.6) is 5.75 Å². The van der Waals surface area contributed by atoms with Crippen molar-refractivity contribution in [2.24, 2.45) is 5.92 Å². The summed E-state index contributed by atoms with van der Waals surface area (Å²) in [6, 6.07) is 3.99. The summed E-state index contributed by atoms with van der Waals surface area (Å²) in [7, 11) is -0.848. The SMILES string of the molecule is C[C](COc1ccc(B2OC(C)(C)C(C)(C)O2)cc1C(F)(F)F)CC(C)C. The van der Waals surface area contributed by atoms with E-state index >= 15 is 0 Å². The van der Waals surface area contributed by atoms with Crippen LogP contribution in [0.4, 0.5) is 13.2 Å². The van der Waals surface area contributed by atoms with Gasteiger partial charge in [0.05, 0.1) is 23.4 Å². The molecule has 3 nitrogen and oxygen atoms in total. The maximum Gasteiger partial charge on any atom is 0.494 e. The van der Waals surface area contributed by atoms with E-state index in [1.54, 1.807) is 6.07 Å². The first-order valence-electron chi connectivity index (χ1n) is 9.24. The standard InChI is InChI=1S/C20H29BF3O3/c1-13(2)10-14(3)12-25-17-9-8-15(11-16(17)20(22,23)24)21-26-18(4,5)19(6,7)27-21/h8-9,11,13H,10,12H2,1-7H3.